The fourth-order valence-corrected chi connectivity index (χ4v) is 2.17. The SMILES string of the molecule is CC(C)CCN(CCC(C)C)c1ccc(Cl)cc1N. The van der Waals surface area contributed by atoms with Crippen molar-refractivity contribution >= 4 is 23.0 Å². The summed E-state index contributed by atoms with van der Waals surface area (Å²) in [6.07, 6.45) is 2.36. The molecule has 0 fully saturated rings. The van der Waals surface area contributed by atoms with E-state index in [0.717, 1.165) is 24.5 Å². The standard InChI is InChI=1S/C16H27ClN2/c1-12(2)7-9-19(10-8-13(3)4)16-6-5-14(17)11-15(16)18/h5-6,11-13H,7-10,18H2,1-4H3. The Hall–Kier alpha value is -0.890. The molecule has 0 spiro atoms. The van der Waals surface area contributed by atoms with Crippen LogP contribution < -0.4 is 10.6 Å². The van der Waals surface area contributed by atoms with Gasteiger partial charge >= 0.3 is 0 Å². The van der Waals surface area contributed by atoms with Gasteiger partial charge in [0.2, 0.25) is 0 Å². The van der Waals surface area contributed by atoms with E-state index in [-0.39, 0.29) is 0 Å². The quantitative estimate of drug-likeness (QED) is 0.727. The number of nitrogen functional groups attached to an aromatic ring is 1. The summed E-state index contributed by atoms with van der Waals surface area (Å²) in [6.45, 7) is 11.1. The second-order valence-electron chi connectivity index (χ2n) is 6.06. The minimum Gasteiger partial charge on any atom is -0.397 e. The smallest absolute Gasteiger partial charge is 0.0600 e. The van der Waals surface area contributed by atoms with Crippen LogP contribution in [0.15, 0.2) is 18.2 Å². The molecule has 0 saturated carbocycles. The van der Waals surface area contributed by atoms with Crippen LogP contribution in [-0.4, -0.2) is 13.1 Å². The van der Waals surface area contributed by atoms with Gasteiger partial charge in [-0.3, -0.25) is 0 Å². The zero-order valence-corrected chi connectivity index (χ0v) is 13.4. The van der Waals surface area contributed by atoms with E-state index in [2.05, 4.69) is 32.6 Å². The molecule has 2 N–H and O–H groups in total. The molecule has 0 aliphatic rings. The molecule has 1 rings (SSSR count). The van der Waals surface area contributed by atoms with E-state index in [1.807, 2.05) is 18.2 Å². The summed E-state index contributed by atoms with van der Waals surface area (Å²) >= 11 is 5.98. The number of benzene rings is 1. The largest absolute Gasteiger partial charge is 0.397 e. The van der Waals surface area contributed by atoms with Crippen LogP contribution >= 0.6 is 11.6 Å². The predicted molar refractivity (Wildman–Crippen MR) is 87.0 cm³/mol. The number of rotatable bonds is 7. The van der Waals surface area contributed by atoms with Crippen molar-refractivity contribution in [3.8, 4) is 0 Å². The van der Waals surface area contributed by atoms with Crippen molar-refractivity contribution in [3.05, 3.63) is 23.2 Å². The van der Waals surface area contributed by atoms with Gasteiger partial charge in [-0.1, -0.05) is 39.3 Å². The van der Waals surface area contributed by atoms with Gasteiger partial charge < -0.3 is 10.6 Å². The van der Waals surface area contributed by atoms with Gasteiger partial charge in [0.1, 0.15) is 0 Å². The number of hydrogen-bond donors (Lipinski definition) is 1. The Bertz CT molecular complexity index is 376. The third-order valence-corrected chi connectivity index (χ3v) is 3.52. The molecule has 0 aromatic heterocycles. The van der Waals surface area contributed by atoms with Gasteiger partial charge in [0.25, 0.3) is 0 Å². The highest BCUT2D eigenvalue weighted by molar-refractivity contribution is 6.31. The van der Waals surface area contributed by atoms with Crippen molar-refractivity contribution in [2.45, 2.75) is 40.5 Å². The molecule has 2 nitrogen and oxygen atoms in total. The molecule has 0 atom stereocenters. The third-order valence-electron chi connectivity index (χ3n) is 3.28. The van der Waals surface area contributed by atoms with Crippen LogP contribution in [0.4, 0.5) is 11.4 Å². The average molecular weight is 283 g/mol. The van der Waals surface area contributed by atoms with Gasteiger partial charge in [-0.25, -0.2) is 0 Å². The minimum atomic E-state index is 0.703. The summed E-state index contributed by atoms with van der Waals surface area (Å²) in [7, 11) is 0. The summed E-state index contributed by atoms with van der Waals surface area (Å²) in [4.78, 5) is 2.39. The topological polar surface area (TPSA) is 29.3 Å². The van der Waals surface area contributed by atoms with Crippen molar-refractivity contribution in [2.75, 3.05) is 23.7 Å². The number of nitrogens with two attached hydrogens (primary N) is 1. The molecule has 0 saturated heterocycles. The third kappa shape index (κ3) is 5.73. The average Bonchev–Trinajstić information content (AvgIpc) is 2.30. The van der Waals surface area contributed by atoms with Crippen molar-refractivity contribution < 1.29 is 0 Å². The predicted octanol–water partition coefficient (Wildman–Crippen LogP) is 4.82. The molecule has 0 radical (unpaired) electrons. The van der Waals surface area contributed by atoms with Crippen molar-refractivity contribution in [3.63, 3.8) is 0 Å². The maximum absolute atomic E-state index is 6.11. The van der Waals surface area contributed by atoms with E-state index in [4.69, 9.17) is 17.3 Å². The van der Waals surface area contributed by atoms with E-state index in [0.29, 0.717) is 16.9 Å². The summed E-state index contributed by atoms with van der Waals surface area (Å²) in [5.74, 6) is 1.41. The fourth-order valence-electron chi connectivity index (χ4n) is 1.99. The molecule has 19 heavy (non-hydrogen) atoms. The summed E-state index contributed by atoms with van der Waals surface area (Å²) in [5.41, 5.74) is 8.00. The number of halogens is 1. The molecular formula is C16H27ClN2. The van der Waals surface area contributed by atoms with Gasteiger partial charge in [-0.15, -0.1) is 0 Å². The molecule has 0 unspecified atom stereocenters. The Labute approximate surface area is 122 Å². The molecule has 0 bridgehead atoms. The minimum absolute atomic E-state index is 0.703. The van der Waals surface area contributed by atoms with Crippen LogP contribution in [0.5, 0.6) is 0 Å². The van der Waals surface area contributed by atoms with Gasteiger partial charge in [0, 0.05) is 18.1 Å². The number of nitrogens with zero attached hydrogens (tertiary/aromatic N) is 1. The molecule has 0 aliphatic heterocycles. The molecule has 0 heterocycles. The Kier molecular flexibility index (Phi) is 6.50. The Morgan fingerprint density at radius 2 is 1.58 bits per heavy atom. The van der Waals surface area contributed by atoms with Crippen LogP contribution in [0.2, 0.25) is 5.02 Å². The highest BCUT2D eigenvalue weighted by Gasteiger charge is 2.11. The number of hydrogen-bond acceptors (Lipinski definition) is 2. The van der Waals surface area contributed by atoms with Crippen LogP contribution in [0.3, 0.4) is 0 Å². The highest BCUT2D eigenvalue weighted by Crippen LogP contribution is 2.27. The van der Waals surface area contributed by atoms with E-state index in [1.54, 1.807) is 0 Å². The van der Waals surface area contributed by atoms with Gasteiger partial charge in [-0.05, 0) is 42.9 Å². The first-order valence-electron chi connectivity index (χ1n) is 7.20. The van der Waals surface area contributed by atoms with Crippen LogP contribution in [0.1, 0.15) is 40.5 Å². The normalized spacial score (nSPS) is 11.3. The summed E-state index contributed by atoms with van der Waals surface area (Å²) < 4.78 is 0. The lowest BCUT2D eigenvalue weighted by atomic mass is 10.1. The molecule has 0 aliphatic carbocycles. The maximum atomic E-state index is 6.11. The van der Waals surface area contributed by atoms with E-state index in [9.17, 15) is 0 Å². The zero-order valence-electron chi connectivity index (χ0n) is 12.6. The van der Waals surface area contributed by atoms with Gasteiger partial charge in [0.15, 0.2) is 0 Å². The Morgan fingerprint density at radius 1 is 1.05 bits per heavy atom. The van der Waals surface area contributed by atoms with Crippen molar-refractivity contribution in [1.82, 2.24) is 0 Å². The van der Waals surface area contributed by atoms with Gasteiger partial charge in [-0.2, -0.15) is 0 Å². The molecule has 1 aromatic carbocycles. The van der Waals surface area contributed by atoms with Crippen LogP contribution in [0, 0.1) is 11.8 Å². The number of anilines is 2. The molecular weight excluding hydrogens is 256 g/mol. The Balaban J connectivity index is 2.81. The molecule has 1 aromatic rings. The zero-order chi connectivity index (χ0) is 14.4. The summed E-state index contributed by atoms with van der Waals surface area (Å²) in [5, 5.41) is 0.703. The molecule has 108 valence electrons. The monoisotopic (exact) mass is 282 g/mol. The molecule has 3 heteroatoms. The highest BCUT2D eigenvalue weighted by atomic mass is 35.5. The lowest BCUT2D eigenvalue weighted by Crippen LogP contribution is -2.28. The van der Waals surface area contributed by atoms with E-state index < -0.39 is 0 Å². The Morgan fingerprint density at radius 3 is 2.00 bits per heavy atom. The van der Waals surface area contributed by atoms with Crippen LogP contribution in [-0.2, 0) is 0 Å². The second-order valence-corrected chi connectivity index (χ2v) is 6.49. The first-order valence-corrected chi connectivity index (χ1v) is 7.58. The fraction of sp³-hybridized carbons (Fsp3) is 0.625. The maximum Gasteiger partial charge on any atom is 0.0600 e. The van der Waals surface area contributed by atoms with Crippen molar-refractivity contribution in [2.24, 2.45) is 11.8 Å². The van der Waals surface area contributed by atoms with E-state index >= 15 is 0 Å². The van der Waals surface area contributed by atoms with E-state index in [1.165, 1.54) is 12.8 Å². The molecule has 0 amide bonds. The first-order chi connectivity index (χ1) is 8.90. The lowest BCUT2D eigenvalue weighted by molar-refractivity contribution is 0.535. The second kappa shape index (κ2) is 7.64. The van der Waals surface area contributed by atoms with Gasteiger partial charge in [0.05, 0.1) is 11.4 Å². The van der Waals surface area contributed by atoms with Crippen LogP contribution in [0.25, 0.3) is 0 Å². The lowest BCUT2D eigenvalue weighted by Gasteiger charge is -2.28. The first kappa shape index (κ1) is 16.2. The summed E-state index contributed by atoms with van der Waals surface area (Å²) in [6, 6.07) is 5.80. The van der Waals surface area contributed by atoms with Crippen molar-refractivity contribution in [1.29, 1.82) is 0 Å².